The van der Waals surface area contributed by atoms with Crippen LogP contribution in [0.15, 0.2) is 72.8 Å². The minimum Gasteiger partial charge on any atom is -0.634 e. The van der Waals surface area contributed by atoms with Crippen molar-refractivity contribution < 1.29 is 48.1 Å². The van der Waals surface area contributed by atoms with E-state index in [9.17, 15) is 29.2 Å². The maximum atomic E-state index is 16.0. The second-order valence-corrected chi connectivity index (χ2v) is 24.8. The molecule has 0 radical (unpaired) electrons. The topological polar surface area (TPSA) is 238 Å². The van der Waals surface area contributed by atoms with Crippen molar-refractivity contribution in [1.29, 1.82) is 0 Å². The van der Waals surface area contributed by atoms with Crippen LogP contribution in [0, 0.1) is 5.21 Å². The zero-order chi connectivity index (χ0) is 55.4. The number of hydroxylamine groups is 2. The van der Waals surface area contributed by atoms with E-state index in [1.807, 2.05) is 72.8 Å². The van der Waals surface area contributed by atoms with Crippen molar-refractivity contribution in [2.45, 2.75) is 193 Å². The number of benzene rings is 4. The molecule has 6 amide bonds. The number of ether oxygens (including phenoxy) is 2. The molecule has 6 rings (SSSR count). The molecule has 0 bridgehead atoms. The number of amides is 6. The summed E-state index contributed by atoms with van der Waals surface area (Å²) >= 11 is 0. The van der Waals surface area contributed by atoms with Crippen LogP contribution in [0.5, 0.6) is 0 Å². The number of carbonyl (C=O) groups excluding carboxylic acids is 7. The zero-order valence-electron chi connectivity index (χ0n) is 46.0. The number of fused-ring (bicyclic) bond motifs is 7. The number of hydrogen-bond acceptors (Lipinski definition) is 10. The van der Waals surface area contributed by atoms with Crippen molar-refractivity contribution >= 4 is 63.1 Å². The summed E-state index contributed by atoms with van der Waals surface area (Å²) in [5.41, 5.74) is -7.60. The fourth-order valence-corrected chi connectivity index (χ4v) is 10.5. The molecule has 400 valence electrons. The van der Waals surface area contributed by atoms with Crippen LogP contribution in [0.1, 0.15) is 135 Å². The molecule has 0 saturated carbocycles. The van der Waals surface area contributed by atoms with Gasteiger partial charge >= 0.3 is 12.1 Å². The molecule has 1 heterocycles. The first-order valence-corrected chi connectivity index (χ1v) is 25.3. The van der Waals surface area contributed by atoms with Crippen LogP contribution in [0.25, 0.3) is 32.7 Å². The minimum absolute atomic E-state index is 0.0259. The Balaban J connectivity index is 1.35. The average Bonchev–Trinajstić information content (AvgIpc) is 3.41. The Hall–Kier alpha value is -6.59. The Bertz CT molecular complexity index is 2790. The smallest absolute Gasteiger partial charge is 0.408 e. The van der Waals surface area contributed by atoms with Crippen LogP contribution in [0.4, 0.5) is 4.79 Å². The second-order valence-electron chi connectivity index (χ2n) is 24.8. The Morgan fingerprint density at radius 3 is 1.49 bits per heavy atom. The van der Waals surface area contributed by atoms with Gasteiger partial charge in [0.2, 0.25) is 29.5 Å². The molecule has 0 aromatic heterocycles. The summed E-state index contributed by atoms with van der Waals surface area (Å²) < 4.78 is 11.2. The first kappa shape index (κ1) is 56.7. The van der Waals surface area contributed by atoms with Crippen molar-refractivity contribution in [2.75, 3.05) is 0 Å². The molecule has 0 unspecified atom stereocenters. The third-order valence-electron chi connectivity index (χ3n) is 13.8. The van der Waals surface area contributed by atoms with E-state index in [0.29, 0.717) is 0 Å². The van der Waals surface area contributed by atoms with Crippen LogP contribution >= 0.6 is 0 Å². The molecule has 1 saturated heterocycles. The fourth-order valence-electron chi connectivity index (χ4n) is 10.5. The molecule has 2 aliphatic rings. The summed E-state index contributed by atoms with van der Waals surface area (Å²) in [6.07, 6.45) is -1.24. The molecule has 17 heteroatoms. The molecular weight excluding hydrogens is 943 g/mol. The van der Waals surface area contributed by atoms with Crippen LogP contribution in [0.3, 0.4) is 0 Å². The average molecular weight is 1020 g/mol. The summed E-state index contributed by atoms with van der Waals surface area (Å²) in [5.74, 6) is -4.33. The third-order valence-corrected chi connectivity index (χ3v) is 13.8. The molecule has 17 nitrogen and oxygen atoms in total. The summed E-state index contributed by atoms with van der Waals surface area (Å²) in [6.45, 7) is 25.7. The highest BCUT2D eigenvalue weighted by molar-refractivity contribution is 6.09. The lowest BCUT2D eigenvalue weighted by Gasteiger charge is -2.58. The number of esters is 1. The zero-order valence-corrected chi connectivity index (χ0v) is 46.0. The molecule has 0 spiro atoms. The number of carbonyl (C=O) groups is 7. The lowest BCUT2D eigenvalue weighted by Crippen LogP contribution is -3.24. The van der Waals surface area contributed by atoms with E-state index in [1.165, 1.54) is 41.5 Å². The molecule has 1 aliphatic carbocycles. The van der Waals surface area contributed by atoms with Gasteiger partial charge < -0.3 is 51.6 Å². The molecule has 1 aliphatic heterocycles. The summed E-state index contributed by atoms with van der Waals surface area (Å²) in [6, 6.07) is 21.5. The number of nitrogens with one attached hydrogen (secondary N) is 7. The van der Waals surface area contributed by atoms with Crippen molar-refractivity contribution in [3.05, 3.63) is 89.1 Å². The van der Waals surface area contributed by atoms with Crippen molar-refractivity contribution in [2.24, 2.45) is 0 Å². The largest absolute Gasteiger partial charge is 0.634 e. The van der Waals surface area contributed by atoms with Crippen molar-refractivity contribution in [1.82, 2.24) is 31.9 Å². The molecule has 4 aromatic carbocycles. The fraction of sp³-hybridized carbons (Fsp3) is 0.526. The second kappa shape index (κ2) is 19.9. The van der Waals surface area contributed by atoms with Gasteiger partial charge in [0.05, 0.1) is 11.1 Å². The van der Waals surface area contributed by atoms with E-state index in [0.717, 1.165) is 43.8 Å². The molecule has 74 heavy (non-hydrogen) atoms. The molecular formula is C57H77N7O10. The highest BCUT2D eigenvalue weighted by Gasteiger charge is 2.59. The number of rotatable bonds is 12. The Morgan fingerprint density at radius 2 is 1.01 bits per heavy atom. The number of piperidine rings is 1. The molecule has 2 atom stereocenters. The third kappa shape index (κ3) is 12.2. The van der Waals surface area contributed by atoms with E-state index >= 15 is 9.59 Å². The van der Waals surface area contributed by atoms with Crippen LogP contribution in [0.2, 0.25) is 0 Å². The molecule has 1 fully saturated rings. The standard InChI is InChI=1S/C57H77N7O10/c1-33(43(65)60-55(15,16)46(68)61-54(13,14)45(67)59-34(2)44(66)73-50(3,4)5)58-47(69)57(31-52(9,10)64(72)53(11,12)32-57)62-48(70)56(63-49(71)74-51(6,7)8)29-37-27-25-35-21-17-19-23-39(35)41(37)42-38(30-56)28-26-36-22-18-20-24-40(36)42/h17-28,33-34,64H,29-32H2,1-16H3,(H,58,69)(H,59,67)(H,60,65)(H,61,68)(H,62,70)(H,63,71)/t33-,34-/m0/s1. The highest BCUT2D eigenvalue weighted by atomic mass is 16.6. The van der Waals surface area contributed by atoms with Gasteiger partial charge in [0.1, 0.15) is 45.4 Å². The monoisotopic (exact) mass is 1020 g/mol. The summed E-state index contributed by atoms with van der Waals surface area (Å²) in [7, 11) is 0. The SMILES string of the molecule is C[C@H](NC(=O)C1(NC(=O)C2(NC(=O)OC(C)(C)C)Cc3ccc4ccccc4c3-c3c(ccc4ccccc34)C2)CC(C)(C)[NH+]([O-])C(C)(C)C1)C(=O)NC(C)(C)C(=O)NC(C)(C)C(=O)N[C@@H](C)C(=O)OC(C)(C)C. The van der Waals surface area contributed by atoms with Crippen molar-refractivity contribution in [3.63, 3.8) is 0 Å². The predicted molar refractivity (Wildman–Crippen MR) is 284 cm³/mol. The lowest BCUT2D eigenvalue weighted by atomic mass is 9.69. The Morgan fingerprint density at radius 1 is 0.554 bits per heavy atom. The lowest BCUT2D eigenvalue weighted by molar-refractivity contribution is -0.956. The van der Waals surface area contributed by atoms with Crippen molar-refractivity contribution in [3.8, 4) is 11.1 Å². The normalized spacial score (nSPS) is 20.0. The van der Waals surface area contributed by atoms with Crippen LogP contribution < -0.4 is 37.0 Å². The van der Waals surface area contributed by atoms with Gasteiger partial charge in [0.25, 0.3) is 0 Å². The van der Waals surface area contributed by atoms with E-state index < -0.39 is 98.1 Å². The van der Waals surface area contributed by atoms with Crippen LogP contribution in [-0.4, -0.2) is 98.1 Å². The van der Waals surface area contributed by atoms with E-state index in [-0.39, 0.29) is 30.7 Å². The quantitative estimate of drug-likeness (QED) is 0.0670. The molecule has 7 N–H and O–H groups in total. The maximum Gasteiger partial charge on any atom is 0.408 e. The van der Waals surface area contributed by atoms with Gasteiger partial charge in [-0.1, -0.05) is 72.8 Å². The van der Waals surface area contributed by atoms with Gasteiger partial charge in [-0.25, -0.2) is 9.59 Å². The first-order chi connectivity index (χ1) is 33.9. The van der Waals surface area contributed by atoms with Gasteiger partial charge in [0.15, 0.2) is 0 Å². The summed E-state index contributed by atoms with van der Waals surface area (Å²) in [4.78, 5) is 99.3. The van der Waals surface area contributed by atoms with Gasteiger partial charge in [0, 0.05) is 25.7 Å². The van der Waals surface area contributed by atoms with E-state index in [1.54, 1.807) is 69.2 Å². The van der Waals surface area contributed by atoms with Gasteiger partial charge in [-0.05, 0) is 155 Å². The summed E-state index contributed by atoms with van der Waals surface area (Å²) in [5, 5.41) is 34.7. The number of hydrogen-bond donors (Lipinski definition) is 7. The molecule has 4 aromatic rings. The number of alkyl carbamates (subject to hydrolysis) is 1. The number of quaternary nitrogens is 1. The minimum atomic E-state index is -1.85. The van der Waals surface area contributed by atoms with E-state index in [4.69, 9.17) is 9.47 Å². The Kier molecular flexibility index (Phi) is 15.3. The van der Waals surface area contributed by atoms with E-state index in [2.05, 4.69) is 31.9 Å². The van der Waals surface area contributed by atoms with Gasteiger partial charge in [-0.15, -0.1) is 0 Å². The van der Waals surface area contributed by atoms with Gasteiger partial charge in [-0.2, -0.15) is 0 Å². The van der Waals surface area contributed by atoms with Crippen LogP contribution in [-0.2, 0) is 51.1 Å². The highest BCUT2D eigenvalue weighted by Crippen LogP contribution is 2.45. The first-order valence-electron chi connectivity index (χ1n) is 25.3. The predicted octanol–water partition coefficient (Wildman–Crippen LogP) is 5.75. The van der Waals surface area contributed by atoms with Gasteiger partial charge in [-0.3, -0.25) is 24.0 Å². The Labute approximate surface area is 435 Å². The maximum absolute atomic E-state index is 16.0.